The highest BCUT2D eigenvalue weighted by Crippen LogP contribution is 2.39. The van der Waals surface area contributed by atoms with Gasteiger partial charge >= 0.3 is 0 Å². The van der Waals surface area contributed by atoms with Crippen molar-refractivity contribution in [1.82, 2.24) is 0 Å². The molecule has 0 atom stereocenters. The minimum Gasteiger partial charge on any atom is -0.497 e. The standard InChI is InChI=1S/C26H23NO3/c1-3-30-25-12-8-7-11-23(25)27-24(20-9-5-4-6-10-20)18-21(26(27)28)17-19-13-15-22(29-2)16-14-19/h4-18H,3H2,1-2H3/b21-17+. The Morgan fingerprint density at radius 2 is 1.60 bits per heavy atom. The molecule has 4 rings (SSSR count). The molecule has 0 bridgehead atoms. The third kappa shape index (κ3) is 3.85. The molecule has 0 N–H and O–H groups in total. The summed E-state index contributed by atoms with van der Waals surface area (Å²) in [5.41, 5.74) is 4.08. The van der Waals surface area contributed by atoms with E-state index in [4.69, 9.17) is 9.47 Å². The molecule has 1 aliphatic heterocycles. The van der Waals surface area contributed by atoms with Crippen LogP contribution in [-0.4, -0.2) is 19.6 Å². The number of para-hydroxylation sites is 2. The predicted octanol–water partition coefficient (Wildman–Crippen LogP) is 5.57. The highest BCUT2D eigenvalue weighted by Gasteiger charge is 2.32. The molecule has 4 heteroatoms. The minimum absolute atomic E-state index is 0.0863. The molecule has 0 unspecified atom stereocenters. The lowest BCUT2D eigenvalue weighted by atomic mass is 10.1. The Bertz CT molecular complexity index is 1100. The van der Waals surface area contributed by atoms with Crippen LogP contribution in [0.2, 0.25) is 0 Å². The molecule has 1 amide bonds. The van der Waals surface area contributed by atoms with Gasteiger partial charge < -0.3 is 9.47 Å². The molecular formula is C26H23NO3. The van der Waals surface area contributed by atoms with Crippen molar-refractivity contribution in [3.63, 3.8) is 0 Å². The second-order valence-corrected chi connectivity index (χ2v) is 6.81. The Hall–Kier alpha value is -3.79. The molecule has 1 heterocycles. The zero-order valence-electron chi connectivity index (χ0n) is 17.0. The van der Waals surface area contributed by atoms with E-state index in [1.165, 1.54) is 0 Å². The molecule has 4 nitrogen and oxygen atoms in total. The number of hydrogen-bond donors (Lipinski definition) is 0. The van der Waals surface area contributed by atoms with E-state index in [1.807, 2.05) is 97.9 Å². The lowest BCUT2D eigenvalue weighted by Gasteiger charge is -2.23. The van der Waals surface area contributed by atoms with Crippen molar-refractivity contribution in [3.8, 4) is 11.5 Å². The van der Waals surface area contributed by atoms with Gasteiger partial charge in [-0.05, 0) is 54.5 Å². The molecule has 0 fully saturated rings. The van der Waals surface area contributed by atoms with E-state index >= 15 is 0 Å². The summed E-state index contributed by atoms with van der Waals surface area (Å²) in [4.78, 5) is 15.2. The van der Waals surface area contributed by atoms with Crippen LogP contribution in [0.1, 0.15) is 18.1 Å². The molecule has 30 heavy (non-hydrogen) atoms. The van der Waals surface area contributed by atoms with Crippen LogP contribution in [0.5, 0.6) is 11.5 Å². The number of ether oxygens (including phenoxy) is 2. The Kier molecular flexibility index (Phi) is 5.66. The number of anilines is 1. The van der Waals surface area contributed by atoms with E-state index in [1.54, 1.807) is 12.0 Å². The fraction of sp³-hybridized carbons (Fsp3) is 0.115. The van der Waals surface area contributed by atoms with E-state index in [0.717, 1.165) is 28.3 Å². The molecule has 0 aromatic heterocycles. The molecule has 150 valence electrons. The van der Waals surface area contributed by atoms with Gasteiger partial charge in [-0.3, -0.25) is 9.69 Å². The quantitative estimate of drug-likeness (QED) is 0.511. The van der Waals surface area contributed by atoms with Gasteiger partial charge in [-0.1, -0.05) is 54.6 Å². The summed E-state index contributed by atoms with van der Waals surface area (Å²) in [6.07, 6.45) is 3.83. The molecule has 0 aliphatic carbocycles. The van der Waals surface area contributed by atoms with Crippen LogP contribution >= 0.6 is 0 Å². The smallest absolute Gasteiger partial charge is 0.263 e. The maximum absolute atomic E-state index is 13.5. The van der Waals surface area contributed by atoms with E-state index in [9.17, 15) is 4.79 Å². The van der Waals surface area contributed by atoms with Crippen LogP contribution in [0, 0.1) is 0 Å². The van der Waals surface area contributed by atoms with E-state index < -0.39 is 0 Å². The second-order valence-electron chi connectivity index (χ2n) is 6.81. The van der Waals surface area contributed by atoms with Gasteiger partial charge in [-0.2, -0.15) is 0 Å². The van der Waals surface area contributed by atoms with E-state index in [0.29, 0.717) is 17.9 Å². The number of rotatable bonds is 6. The van der Waals surface area contributed by atoms with Gasteiger partial charge in [0.05, 0.1) is 25.1 Å². The Morgan fingerprint density at radius 3 is 2.30 bits per heavy atom. The first kappa shape index (κ1) is 19.5. The SMILES string of the molecule is CCOc1ccccc1N1C(=O)/C(=C/c2ccc(OC)cc2)C=C1c1ccccc1. The molecule has 3 aromatic carbocycles. The fourth-order valence-corrected chi connectivity index (χ4v) is 3.48. The van der Waals surface area contributed by atoms with Crippen LogP contribution in [0.25, 0.3) is 11.8 Å². The van der Waals surface area contributed by atoms with Gasteiger partial charge in [0.25, 0.3) is 5.91 Å². The Labute approximate surface area is 176 Å². The lowest BCUT2D eigenvalue weighted by molar-refractivity contribution is -0.113. The van der Waals surface area contributed by atoms with Crippen molar-refractivity contribution in [2.45, 2.75) is 6.92 Å². The lowest BCUT2D eigenvalue weighted by Crippen LogP contribution is -2.25. The van der Waals surface area contributed by atoms with Gasteiger partial charge in [0.15, 0.2) is 0 Å². The highest BCUT2D eigenvalue weighted by molar-refractivity contribution is 6.23. The van der Waals surface area contributed by atoms with Crippen molar-refractivity contribution in [1.29, 1.82) is 0 Å². The largest absolute Gasteiger partial charge is 0.497 e. The van der Waals surface area contributed by atoms with Crippen LogP contribution in [0.4, 0.5) is 5.69 Å². The average Bonchev–Trinajstić information content (AvgIpc) is 3.11. The van der Waals surface area contributed by atoms with E-state index in [2.05, 4.69) is 0 Å². The molecule has 0 saturated carbocycles. The summed E-state index contributed by atoms with van der Waals surface area (Å²) in [6, 6.07) is 25.2. The summed E-state index contributed by atoms with van der Waals surface area (Å²) >= 11 is 0. The normalized spacial score (nSPS) is 14.7. The van der Waals surface area contributed by atoms with Crippen molar-refractivity contribution in [2.24, 2.45) is 0 Å². The number of carbonyl (C=O) groups excluding carboxylic acids is 1. The monoisotopic (exact) mass is 397 g/mol. The maximum Gasteiger partial charge on any atom is 0.263 e. The van der Waals surface area contributed by atoms with Gasteiger partial charge in [0, 0.05) is 5.57 Å². The van der Waals surface area contributed by atoms with E-state index in [-0.39, 0.29) is 5.91 Å². The Balaban J connectivity index is 1.80. The summed E-state index contributed by atoms with van der Waals surface area (Å²) in [7, 11) is 1.64. The van der Waals surface area contributed by atoms with Gasteiger partial charge in [-0.15, -0.1) is 0 Å². The van der Waals surface area contributed by atoms with Crippen LogP contribution in [0.15, 0.2) is 90.5 Å². The van der Waals surface area contributed by atoms with Crippen molar-refractivity contribution < 1.29 is 14.3 Å². The number of amides is 1. The Morgan fingerprint density at radius 1 is 0.900 bits per heavy atom. The van der Waals surface area contributed by atoms with Crippen LogP contribution in [-0.2, 0) is 4.79 Å². The average molecular weight is 397 g/mol. The number of methoxy groups -OCH3 is 1. The van der Waals surface area contributed by atoms with Gasteiger partial charge in [0.2, 0.25) is 0 Å². The first-order valence-electron chi connectivity index (χ1n) is 9.90. The summed E-state index contributed by atoms with van der Waals surface area (Å²) in [6.45, 7) is 2.46. The third-order valence-corrected chi connectivity index (χ3v) is 4.90. The van der Waals surface area contributed by atoms with Gasteiger partial charge in [-0.25, -0.2) is 0 Å². The second kappa shape index (κ2) is 8.70. The zero-order valence-corrected chi connectivity index (χ0v) is 17.0. The first-order chi connectivity index (χ1) is 14.7. The van der Waals surface area contributed by atoms with Crippen molar-refractivity contribution in [2.75, 3.05) is 18.6 Å². The minimum atomic E-state index is -0.0863. The molecule has 0 radical (unpaired) electrons. The number of carbonyl (C=O) groups is 1. The molecule has 0 saturated heterocycles. The molecular weight excluding hydrogens is 374 g/mol. The summed E-state index contributed by atoms with van der Waals surface area (Å²) in [5.74, 6) is 1.38. The molecule has 1 aliphatic rings. The van der Waals surface area contributed by atoms with Crippen LogP contribution in [0.3, 0.4) is 0 Å². The molecule has 0 spiro atoms. The zero-order chi connectivity index (χ0) is 20.9. The van der Waals surface area contributed by atoms with Crippen LogP contribution < -0.4 is 14.4 Å². The topological polar surface area (TPSA) is 38.8 Å². The fourth-order valence-electron chi connectivity index (χ4n) is 3.48. The number of benzene rings is 3. The number of hydrogen-bond acceptors (Lipinski definition) is 3. The predicted molar refractivity (Wildman–Crippen MR) is 120 cm³/mol. The van der Waals surface area contributed by atoms with Crippen molar-refractivity contribution in [3.05, 3.63) is 102 Å². The summed E-state index contributed by atoms with van der Waals surface area (Å²) < 4.78 is 11.0. The first-order valence-corrected chi connectivity index (χ1v) is 9.90. The number of nitrogens with zero attached hydrogens (tertiary/aromatic N) is 1. The van der Waals surface area contributed by atoms with Gasteiger partial charge in [0.1, 0.15) is 11.5 Å². The molecule has 3 aromatic rings. The van der Waals surface area contributed by atoms with Crippen molar-refractivity contribution >= 4 is 23.4 Å². The highest BCUT2D eigenvalue weighted by atomic mass is 16.5. The summed E-state index contributed by atoms with van der Waals surface area (Å²) in [5, 5.41) is 0. The maximum atomic E-state index is 13.5. The third-order valence-electron chi connectivity index (χ3n) is 4.90.